The minimum Gasteiger partial charge on any atom is -0.378 e. The highest BCUT2D eigenvalue weighted by Gasteiger charge is 2.10. The van der Waals surface area contributed by atoms with Crippen LogP contribution in [-0.2, 0) is 4.79 Å². The number of hydrogen-bond acceptors (Lipinski definition) is 3. The number of nitrogens with one attached hydrogen (secondary N) is 1. The van der Waals surface area contributed by atoms with Gasteiger partial charge in [-0.25, -0.2) is 0 Å². The summed E-state index contributed by atoms with van der Waals surface area (Å²) in [5.41, 5.74) is 2.02. The molecule has 1 aromatic carbocycles. The molecule has 0 atom stereocenters. The summed E-state index contributed by atoms with van der Waals surface area (Å²) >= 11 is 0. The number of carbonyl (C=O) groups is 1. The summed E-state index contributed by atoms with van der Waals surface area (Å²) in [4.78, 5) is 16.5. The van der Waals surface area contributed by atoms with E-state index in [0.717, 1.165) is 24.3 Å². The van der Waals surface area contributed by atoms with Crippen LogP contribution in [0.1, 0.15) is 32.1 Å². The highest BCUT2D eigenvalue weighted by atomic mass is 16.1. The molecule has 1 heterocycles. The van der Waals surface area contributed by atoms with Crippen molar-refractivity contribution >= 4 is 17.3 Å². The SMILES string of the molecule is CN(C)c1ccc(NC(=O)CCCN2CCCCC2)cc1. The van der Waals surface area contributed by atoms with Crippen molar-refractivity contribution < 1.29 is 4.79 Å². The highest BCUT2D eigenvalue weighted by molar-refractivity contribution is 5.90. The van der Waals surface area contributed by atoms with Crippen LogP contribution in [0.2, 0.25) is 0 Å². The highest BCUT2D eigenvalue weighted by Crippen LogP contribution is 2.16. The average molecular weight is 289 g/mol. The van der Waals surface area contributed by atoms with Crippen LogP contribution in [0, 0.1) is 0 Å². The largest absolute Gasteiger partial charge is 0.378 e. The van der Waals surface area contributed by atoms with E-state index in [1.54, 1.807) is 0 Å². The fraction of sp³-hybridized carbons (Fsp3) is 0.588. The van der Waals surface area contributed by atoms with Gasteiger partial charge in [-0.1, -0.05) is 6.42 Å². The van der Waals surface area contributed by atoms with Gasteiger partial charge in [0.05, 0.1) is 0 Å². The molecule has 116 valence electrons. The van der Waals surface area contributed by atoms with Crippen LogP contribution in [0.25, 0.3) is 0 Å². The summed E-state index contributed by atoms with van der Waals surface area (Å²) in [5, 5.41) is 2.97. The fourth-order valence-corrected chi connectivity index (χ4v) is 2.71. The van der Waals surface area contributed by atoms with Gasteiger partial charge in [-0.3, -0.25) is 4.79 Å². The van der Waals surface area contributed by atoms with Crippen molar-refractivity contribution in [2.75, 3.05) is 43.9 Å². The fourth-order valence-electron chi connectivity index (χ4n) is 2.71. The second-order valence-electron chi connectivity index (χ2n) is 6.00. The molecule has 1 aliphatic heterocycles. The molecule has 4 heteroatoms. The first-order valence-corrected chi connectivity index (χ1v) is 7.95. The first-order chi connectivity index (χ1) is 10.1. The standard InChI is InChI=1S/C17H27N3O/c1-19(2)16-10-8-15(9-11-16)18-17(21)7-6-14-20-12-4-3-5-13-20/h8-11H,3-7,12-14H2,1-2H3,(H,18,21). The number of carbonyl (C=O) groups excluding carboxylic acids is 1. The molecule has 1 saturated heterocycles. The molecule has 0 radical (unpaired) electrons. The molecule has 1 fully saturated rings. The number of likely N-dealkylation sites (tertiary alicyclic amines) is 1. The van der Waals surface area contributed by atoms with Gasteiger partial charge in [-0.2, -0.15) is 0 Å². The first-order valence-electron chi connectivity index (χ1n) is 7.95. The molecule has 0 aromatic heterocycles. The van der Waals surface area contributed by atoms with E-state index in [9.17, 15) is 4.79 Å². The zero-order chi connectivity index (χ0) is 15.1. The van der Waals surface area contributed by atoms with Gasteiger partial charge in [0.2, 0.25) is 5.91 Å². The molecule has 0 saturated carbocycles. The molecule has 1 aromatic rings. The monoisotopic (exact) mass is 289 g/mol. The molecule has 4 nitrogen and oxygen atoms in total. The van der Waals surface area contributed by atoms with Crippen molar-refractivity contribution in [2.45, 2.75) is 32.1 Å². The van der Waals surface area contributed by atoms with Gasteiger partial charge >= 0.3 is 0 Å². The van der Waals surface area contributed by atoms with Crippen LogP contribution in [0.4, 0.5) is 11.4 Å². The number of benzene rings is 1. The van der Waals surface area contributed by atoms with E-state index < -0.39 is 0 Å². The summed E-state index contributed by atoms with van der Waals surface area (Å²) in [7, 11) is 4.02. The molecule has 0 bridgehead atoms. The minimum absolute atomic E-state index is 0.115. The third-order valence-electron chi connectivity index (χ3n) is 3.99. The minimum atomic E-state index is 0.115. The molecule has 1 aliphatic rings. The Morgan fingerprint density at radius 2 is 1.81 bits per heavy atom. The summed E-state index contributed by atoms with van der Waals surface area (Å²) in [6, 6.07) is 7.95. The molecule has 2 rings (SSSR count). The lowest BCUT2D eigenvalue weighted by molar-refractivity contribution is -0.116. The Kier molecular flexibility index (Phi) is 6.05. The van der Waals surface area contributed by atoms with Gasteiger partial charge in [0.15, 0.2) is 0 Å². The summed E-state index contributed by atoms with van der Waals surface area (Å²) in [6.45, 7) is 3.45. The number of anilines is 2. The summed E-state index contributed by atoms with van der Waals surface area (Å²) < 4.78 is 0. The predicted octanol–water partition coefficient (Wildman–Crippen LogP) is 2.96. The van der Waals surface area contributed by atoms with E-state index in [0.29, 0.717) is 6.42 Å². The molecule has 21 heavy (non-hydrogen) atoms. The van der Waals surface area contributed by atoms with E-state index >= 15 is 0 Å². The normalized spacial score (nSPS) is 15.7. The lowest BCUT2D eigenvalue weighted by Crippen LogP contribution is -2.31. The number of nitrogens with zero attached hydrogens (tertiary/aromatic N) is 2. The van der Waals surface area contributed by atoms with Crippen molar-refractivity contribution in [3.05, 3.63) is 24.3 Å². The Balaban J connectivity index is 1.68. The number of hydrogen-bond donors (Lipinski definition) is 1. The molecular formula is C17H27N3O. The van der Waals surface area contributed by atoms with Crippen LogP contribution in [0.5, 0.6) is 0 Å². The Morgan fingerprint density at radius 1 is 1.14 bits per heavy atom. The van der Waals surface area contributed by atoms with Gasteiger partial charge < -0.3 is 15.1 Å². The van der Waals surface area contributed by atoms with Crippen molar-refractivity contribution in [1.29, 1.82) is 0 Å². The van der Waals surface area contributed by atoms with E-state index in [-0.39, 0.29) is 5.91 Å². The lowest BCUT2D eigenvalue weighted by atomic mass is 10.1. The maximum absolute atomic E-state index is 11.9. The van der Waals surface area contributed by atoms with E-state index in [4.69, 9.17) is 0 Å². The van der Waals surface area contributed by atoms with Crippen LogP contribution in [0.3, 0.4) is 0 Å². The third-order valence-corrected chi connectivity index (χ3v) is 3.99. The lowest BCUT2D eigenvalue weighted by Gasteiger charge is -2.26. The van der Waals surface area contributed by atoms with E-state index in [2.05, 4.69) is 10.2 Å². The van der Waals surface area contributed by atoms with Crippen molar-refractivity contribution in [3.8, 4) is 0 Å². The average Bonchev–Trinajstić information content (AvgIpc) is 2.49. The Hall–Kier alpha value is -1.55. The first kappa shape index (κ1) is 15.8. The zero-order valence-electron chi connectivity index (χ0n) is 13.3. The Bertz CT molecular complexity index is 436. The Labute approximate surface area is 128 Å². The van der Waals surface area contributed by atoms with Crippen LogP contribution in [-0.4, -0.2) is 44.5 Å². The summed E-state index contributed by atoms with van der Waals surface area (Å²) in [5.74, 6) is 0.115. The van der Waals surface area contributed by atoms with Gasteiger partial charge in [-0.15, -0.1) is 0 Å². The third kappa shape index (κ3) is 5.38. The van der Waals surface area contributed by atoms with E-state index in [1.165, 1.54) is 32.4 Å². The van der Waals surface area contributed by atoms with Gasteiger partial charge in [0.1, 0.15) is 0 Å². The molecule has 1 amide bonds. The van der Waals surface area contributed by atoms with Gasteiger partial charge in [-0.05, 0) is 63.2 Å². The topological polar surface area (TPSA) is 35.6 Å². The van der Waals surface area contributed by atoms with Crippen molar-refractivity contribution in [3.63, 3.8) is 0 Å². The maximum Gasteiger partial charge on any atom is 0.224 e. The molecule has 0 spiro atoms. The maximum atomic E-state index is 11.9. The smallest absolute Gasteiger partial charge is 0.224 e. The molecular weight excluding hydrogens is 262 g/mol. The second-order valence-corrected chi connectivity index (χ2v) is 6.00. The zero-order valence-corrected chi connectivity index (χ0v) is 13.3. The van der Waals surface area contributed by atoms with Gasteiger partial charge in [0.25, 0.3) is 0 Å². The number of amides is 1. The van der Waals surface area contributed by atoms with Crippen LogP contribution in [0.15, 0.2) is 24.3 Å². The molecule has 0 unspecified atom stereocenters. The van der Waals surface area contributed by atoms with Crippen LogP contribution >= 0.6 is 0 Å². The number of piperidine rings is 1. The predicted molar refractivity (Wildman–Crippen MR) is 88.9 cm³/mol. The van der Waals surface area contributed by atoms with E-state index in [1.807, 2.05) is 43.3 Å². The van der Waals surface area contributed by atoms with Gasteiger partial charge in [0, 0.05) is 31.9 Å². The summed E-state index contributed by atoms with van der Waals surface area (Å²) in [6.07, 6.45) is 5.53. The molecule has 1 N–H and O–H groups in total. The quantitative estimate of drug-likeness (QED) is 0.874. The van der Waals surface area contributed by atoms with Crippen LogP contribution < -0.4 is 10.2 Å². The number of rotatable bonds is 6. The molecule has 0 aliphatic carbocycles. The second kappa shape index (κ2) is 8.03. The van der Waals surface area contributed by atoms with Crippen molar-refractivity contribution in [2.24, 2.45) is 0 Å². The van der Waals surface area contributed by atoms with Crippen molar-refractivity contribution in [1.82, 2.24) is 4.90 Å². The Morgan fingerprint density at radius 3 is 2.43 bits per heavy atom.